The van der Waals surface area contributed by atoms with E-state index < -0.39 is 0 Å². The average Bonchev–Trinajstić information content (AvgIpc) is 2.05. The molecule has 0 amide bonds. The fraction of sp³-hybridized carbons (Fsp3) is 1.00. The molecule has 0 aromatic carbocycles. The molecule has 1 fully saturated rings. The van der Waals surface area contributed by atoms with Gasteiger partial charge in [-0.25, -0.2) is 0 Å². The Morgan fingerprint density at radius 2 is 2.25 bits per heavy atom. The Morgan fingerprint density at radius 3 is 2.92 bits per heavy atom. The van der Waals surface area contributed by atoms with Crippen LogP contribution in [0, 0.1) is 0 Å². The fourth-order valence-corrected chi connectivity index (χ4v) is 2.06. The van der Waals surface area contributed by atoms with E-state index >= 15 is 0 Å². The SMILES string of the molecule is OC1CCCN(CCCCBr)C1. The van der Waals surface area contributed by atoms with Crippen molar-refractivity contribution in [3.63, 3.8) is 0 Å². The normalized spacial score (nSPS) is 26.0. The first-order chi connectivity index (χ1) is 5.83. The standard InChI is InChI=1S/C9H18BrNO/c10-5-1-2-6-11-7-3-4-9(12)8-11/h9,12H,1-8H2. The molecule has 3 heteroatoms. The van der Waals surface area contributed by atoms with E-state index in [4.69, 9.17) is 0 Å². The van der Waals surface area contributed by atoms with E-state index in [1.165, 1.54) is 19.4 Å². The maximum atomic E-state index is 9.39. The van der Waals surface area contributed by atoms with Crippen LogP contribution in [0.5, 0.6) is 0 Å². The van der Waals surface area contributed by atoms with Crippen LogP contribution >= 0.6 is 15.9 Å². The summed E-state index contributed by atoms with van der Waals surface area (Å²) < 4.78 is 0. The van der Waals surface area contributed by atoms with E-state index in [0.717, 1.165) is 31.3 Å². The van der Waals surface area contributed by atoms with Gasteiger partial charge in [-0.05, 0) is 38.8 Å². The number of halogens is 1. The van der Waals surface area contributed by atoms with Gasteiger partial charge in [0.2, 0.25) is 0 Å². The van der Waals surface area contributed by atoms with E-state index in [1.807, 2.05) is 0 Å². The monoisotopic (exact) mass is 235 g/mol. The zero-order chi connectivity index (χ0) is 8.81. The maximum absolute atomic E-state index is 9.39. The molecular formula is C9H18BrNO. The molecule has 1 aliphatic rings. The highest BCUT2D eigenvalue weighted by Gasteiger charge is 2.16. The smallest absolute Gasteiger partial charge is 0.0667 e. The minimum absolute atomic E-state index is 0.0669. The van der Waals surface area contributed by atoms with Crippen LogP contribution in [-0.4, -0.2) is 41.1 Å². The maximum Gasteiger partial charge on any atom is 0.0667 e. The van der Waals surface area contributed by atoms with Crippen molar-refractivity contribution in [2.75, 3.05) is 25.0 Å². The van der Waals surface area contributed by atoms with Gasteiger partial charge < -0.3 is 10.0 Å². The fourth-order valence-electron chi connectivity index (χ4n) is 1.66. The molecule has 12 heavy (non-hydrogen) atoms. The minimum atomic E-state index is -0.0669. The topological polar surface area (TPSA) is 23.5 Å². The summed E-state index contributed by atoms with van der Waals surface area (Å²) in [5.41, 5.74) is 0. The number of nitrogens with zero attached hydrogens (tertiary/aromatic N) is 1. The zero-order valence-corrected chi connectivity index (χ0v) is 9.09. The van der Waals surface area contributed by atoms with E-state index in [2.05, 4.69) is 20.8 Å². The molecule has 1 atom stereocenters. The first kappa shape index (κ1) is 10.5. The van der Waals surface area contributed by atoms with Crippen LogP contribution < -0.4 is 0 Å². The van der Waals surface area contributed by atoms with Gasteiger partial charge in [0.1, 0.15) is 0 Å². The molecular weight excluding hydrogens is 218 g/mol. The van der Waals surface area contributed by atoms with E-state index in [-0.39, 0.29) is 6.10 Å². The second-order valence-corrected chi connectivity index (χ2v) is 4.29. The van der Waals surface area contributed by atoms with Gasteiger partial charge >= 0.3 is 0 Å². The molecule has 0 bridgehead atoms. The second kappa shape index (κ2) is 5.95. The number of aliphatic hydroxyl groups excluding tert-OH is 1. The summed E-state index contributed by atoms with van der Waals surface area (Å²) >= 11 is 3.42. The molecule has 0 aromatic heterocycles. The van der Waals surface area contributed by atoms with Crippen molar-refractivity contribution in [3.05, 3.63) is 0 Å². The third kappa shape index (κ3) is 3.87. The molecule has 1 heterocycles. The van der Waals surface area contributed by atoms with Crippen molar-refractivity contribution < 1.29 is 5.11 Å². The lowest BCUT2D eigenvalue weighted by molar-refractivity contribution is 0.0701. The van der Waals surface area contributed by atoms with E-state index in [0.29, 0.717) is 0 Å². The molecule has 0 saturated carbocycles. The van der Waals surface area contributed by atoms with E-state index in [9.17, 15) is 5.11 Å². The Morgan fingerprint density at radius 1 is 1.42 bits per heavy atom. The van der Waals surface area contributed by atoms with Gasteiger partial charge in [0.05, 0.1) is 6.10 Å². The third-order valence-electron chi connectivity index (χ3n) is 2.34. The second-order valence-electron chi connectivity index (χ2n) is 3.49. The van der Waals surface area contributed by atoms with Crippen LogP contribution in [0.3, 0.4) is 0 Å². The summed E-state index contributed by atoms with van der Waals surface area (Å²) in [6.45, 7) is 3.23. The number of hydrogen-bond acceptors (Lipinski definition) is 2. The highest BCUT2D eigenvalue weighted by Crippen LogP contribution is 2.10. The molecule has 72 valence electrons. The number of hydrogen-bond donors (Lipinski definition) is 1. The molecule has 2 nitrogen and oxygen atoms in total. The van der Waals surface area contributed by atoms with Crippen LogP contribution in [0.25, 0.3) is 0 Å². The lowest BCUT2D eigenvalue weighted by Gasteiger charge is -2.29. The van der Waals surface area contributed by atoms with Gasteiger partial charge in [0.25, 0.3) is 0 Å². The minimum Gasteiger partial charge on any atom is -0.392 e. The van der Waals surface area contributed by atoms with Gasteiger partial charge in [-0.15, -0.1) is 0 Å². The molecule has 0 aliphatic carbocycles. The van der Waals surface area contributed by atoms with Crippen molar-refractivity contribution in [2.45, 2.75) is 31.8 Å². The van der Waals surface area contributed by atoms with Crippen molar-refractivity contribution in [2.24, 2.45) is 0 Å². The zero-order valence-electron chi connectivity index (χ0n) is 7.51. The largest absolute Gasteiger partial charge is 0.392 e. The molecule has 1 saturated heterocycles. The Balaban J connectivity index is 2.06. The summed E-state index contributed by atoms with van der Waals surface area (Å²) in [4.78, 5) is 2.37. The van der Waals surface area contributed by atoms with Crippen molar-refractivity contribution in [1.29, 1.82) is 0 Å². The third-order valence-corrected chi connectivity index (χ3v) is 2.90. The molecule has 1 N–H and O–H groups in total. The number of alkyl halides is 1. The summed E-state index contributed by atoms with van der Waals surface area (Å²) in [5, 5.41) is 10.5. The molecule has 1 rings (SSSR count). The Hall–Kier alpha value is 0.400. The predicted molar refractivity (Wildman–Crippen MR) is 54.7 cm³/mol. The molecule has 0 radical (unpaired) electrons. The number of unbranched alkanes of at least 4 members (excludes halogenated alkanes) is 1. The van der Waals surface area contributed by atoms with Crippen molar-refractivity contribution in [3.8, 4) is 0 Å². The lowest BCUT2D eigenvalue weighted by Crippen LogP contribution is -2.38. The quantitative estimate of drug-likeness (QED) is 0.592. The van der Waals surface area contributed by atoms with E-state index in [1.54, 1.807) is 0 Å². The van der Waals surface area contributed by atoms with Crippen LogP contribution in [0.1, 0.15) is 25.7 Å². The van der Waals surface area contributed by atoms with Crippen LogP contribution in [0.2, 0.25) is 0 Å². The Bertz CT molecular complexity index is 121. The van der Waals surface area contributed by atoms with Gasteiger partial charge in [0, 0.05) is 11.9 Å². The van der Waals surface area contributed by atoms with Crippen LogP contribution in [0.15, 0.2) is 0 Å². The summed E-state index contributed by atoms with van der Waals surface area (Å²) in [6.07, 6.45) is 4.58. The number of likely N-dealkylation sites (tertiary alicyclic amines) is 1. The first-order valence-electron chi connectivity index (χ1n) is 4.79. The highest BCUT2D eigenvalue weighted by molar-refractivity contribution is 9.09. The predicted octanol–water partition coefficient (Wildman–Crippen LogP) is 1.62. The summed E-state index contributed by atoms with van der Waals surface area (Å²) in [6, 6.07) is 0. The number of β-amino-alcohol motifs (C(OH)–C–C–N with tert-alkyl or cyclic N) is 1. The van der Waals surface area contributed by atoms with Gasteiger partial charge in [0.15, 0.2) is 0 Å². The average molecular weight is 236 g/mol. The van der Waals surface area contributed by atoms with Gasteiger partial charge in [-0.1, -0.05) is 15.9 Å². The number of aliphatic hydroxyl groups is 1. The van der Waals surface area contributed by atoms with Gasteiger partial charge in [-0.3, -0.25) is 0 Å². The molecule has 0 spiro atoms. The summed E-state index contributed by atoms with van der Waals surface area (Å²) in [5.74, 6) is 0. The number of piperidine rings is 1. The van der Waals surface area contributed by atoms with Crippen molar-refractivity contribution in [1.82, 2.24) is 4.90 Å². The van der Waals surface area contributed by atoms with Gasteiger partial charge in [-0.2, -0.15) is 0 Å². The Kier molecular flexibility index (Phi) is 5.19. The Labute approximate surface area is 83.1 Å². The van der Waals surface area contributed by atoms with Crippen LogP contribution in [-0.2, 0) is 0 Å². The summed E-state index contributed by atoms with van der Waals surface area (Å²) in [7, 11) is 0. The molecule has 1 unspecified atom stereocenters. The van der Waals surface area contributed by atoms with Crippen molar-refractivity contribution >= 4 is 15.9 Å². The lowest BCUT2D eigenvalue weighted by atomic mass is 10.1. The molecule has 0 aromatic rings. The number of rotatable bonds is 4. The molecule has 1 aliphatic heterocycles. The van der Waals surface area contributed by atoms with Crippen LogP contribution in [0.4, 0.5) is 0 Å². The first-order valence-corrected chi connectivity index (χ1v) is 5.91. The highest BCUT2D eigenvalue weighted by atomic mass is 79.9.